The van der Waals surface area contributed by atoms with Gasteiger partial charge in [0.2, 0.25) is 0 Å². The summed E-state index contributed by atoms with van der Waals surface area (Å²) < 4.78 is 7.98. The maximum atomic E-state index is 12.6. The maximum absolute atomic E-state index is 12.6. The SMILES string of the molecule is O=C(C1CN(Cc2nnc3n2CCC3)CCO1)N1CCSCC1. The van der Waals surface area contributed by atoms with Crippen LogP contribution in [-0.4, -0.2) is 80.9 Å². The molecule has 0 saturated carbocycles. The molecule has 0 spiro atoms. The summed E-state index contributed by atoms with van der Waals surface area (Å²) in [6, 6.07) is 0. The molecule has 1 aromatic heterocycles. The van der Waals surface area contributed by atoms with Crippen LogP contribution in [0.3, 0.4) is 0 Å². The third-order valence-electron chi connectivity index (χ3n) is 4.80. The van der Waals surface area contributed by atoms with Crippen LogP contribution in [-0.2, 0) is 29.0 Å². The van der Waals surface area contributed by atoms with Gasteiger partial charge >= 0.3 is 0 Å². The second-order valence-corrected chi connectivity index (χ2v) is 7.54. The van der Waals surface area contributed by atoms with Gasteiger partial charge in [-0.25, -0.2) is 0 Å². The van der Waals surface area contributed by atoms with E-state index in [1.165, 1.54) is 0 Å². The number of thioether (sulfide) groups is 1. The Bertz CT molecular complexity index is 572. The van der Waals surface area contributed by atoms with E-state index in [0.717, 1.165) is 68.7 Å². The molecule has 7 nitrogen and oxygen atoms in total. The van der Waals surface area contributed by atoms with Crippen molar-refractivity contribution in [3.8, 4) is 0 Å². The molecule has 4 heterocycles. The van der Waals surface area contributed by atoms with Crippen molar-refractivity contribution < 1.29 is 9.53 Å². The van der Waals surface area contributed by atoms with Gasteiger partial charge in [0.25, 0.3) is 5.91 Å². The summed E-state index contributed by atoms with van der Waals surface area (Å²) in [6.45, 7) is 5.60. The Hall–Kier alpha value is -1.12. The van der Waals surface area contributed by atoms with Crippen LogP contribution in [0.25, 0.3) is 0 Å². The highest BCUT2D eigenvalue weighted by molar-refractivity contribution is 7.99. The number of morpholine rings is 1. The zero-order chi connectivity index (χ0) is 15.6. The number of carbonyl (C=O) groups is 1. The van der Waals surface area contributed by atoms with Crippen molar-refractivity contribution in [3.05, 3.63) is 11.6 Å². The predicted octanol–water partition coefficient (Wildman–Crippen LogP) is 0.000500. The number of fused-ring (bicyclic) bond motifs is 1. The number of aryl methyl sites for hydroxylation is 1. The van der Waals surface area contributed by atoms with E-state index in [0.29, 0.717) is 13.2 Å². The molecule has 0 aliphatic carbocycles. The largest absolute Gasteiger partial charge is 0.366 e. The molecule has 126 valence electrons. The van der Waals surface area contributed by atoms with Crippen LogP contribution < -0.4 is 0 Å². The lowest BCUT2D eigenvalue weighted by Gasteiger charge is -2.35. The Morgan fingerprint density at radius 3 is 2.96 bits per heavy atom. The molecule has 2 saturated heterocycles. The topological polar surface area (TPSA) is 63.5 Å². The number of rotatable bonds is 3. The van der Waals surface area contributed by atoms with Crippen molar-refractivity contribution in [1.82, 2.24) is 24.6 Å². The highest BCUT2D eigenvalue weighted by Gasteiger charge is 2.31. The molecule has 0 N–H and O–H groups in total. The summed E-state index contributed by atoms with van der Waals surface area (Å²) >= 11 is 1.91. The molecule has 23 heavy (non-hydrogen) atoms. The Morgan fingerprint density at radius 2 is 2.09 bits per heavy atom. The van der Waals surface area contributed by atoms with Gasteiger partial charge in [0.1, 0.15) is 17.8 Å². The Balaban J connectivity index is 1.37. The number of hydrogen-bond acceptors (Lipinski definition) is 6. The normalized spacial score (nSPS) is 25.6. The zero-order valence-corrected chi connectivity index (χ0v) is 14.1. The first-order chi connectivity index (χ1) is 11.3. The van der Waals surface area contributed by atoms with Crippen LogP contribution in [0, 0.1) is 0 Å². The minimum atomic E-state index is -0.326. The first-order valence-electron chi connectivity index (χ1n) is 8.43. The van der Waals surface area contributed by atoms with E-state index >= 15 is 0 Å². The summed E-state index contributed by atoms with van der Waals surface area (Å²) in [5.74, 6) is 4.36. The van der Waals surface area contributed by atoms with Crippen LogP contribution in [0.2, 0.25) is 0 Å². The minimum Gasteiger partial charge on any atom is -0.366 e. The van der Waals surface area contributed by atoms with Crippen molar-refractivity contribution in [2.45, 2.75) is 32.0 Å². The second-order valence-electron chi connectivity index (χ2n) is 6.32. The Morgan fingerprint density at radius 1 is 1.22 bits per heavy atom. The summed E-state index contributed by atoms with van der Waals surface area (Å²) in [5, 5.41) is 8.59. The molecule has 3 aliphatic rings. The van der Waals surface area contributed by atoms with Gasteiger partial charge in [-0.1, -0.05) is 0 Å². The van der Waals surface area contributed by atoms with Crippen LogP contribution in [0.15, 0.2) is 0 Å². The van der Waals surface area contributed by atoms with E-state index in [2.05, 4.69) is 19.7 Å². The molecule has 3 aliphatic heterocycles. The average molecular weight is 337 g/mol. The monoisotopic (exact) mass is 337 g/mol. The van der Waals surface area contributed by atoms with Crippen molar-refractivity contribution in [2.24, 2.45) is 0 Å². The summed E-state index contributed by atoms with van der Waals surface area (Å²) in [6.07, 6.45) is 1.87. The average Bonchev–Trinajstić information content (AvgIpc) is 3.20. The molecule has 1 amide bonds. The van der Waals surface area contributed by atoms with Gasteiger partial charge in [0.15, 0.2) is 0 Å². The number of ether oxygens (including phenoxy) is 1. The zero-order valence-electron chi connectivity index (χ0n) is 13.3. The van der Waals surface area contributed by atoms with E-state index in [-0.39, 0.29) is 12.0 Å². The molecule has 8 heteroatoms. The smallest absolute Gasteiger partial charge is 0.253 e. The highest BCUT2D eigenvalue weighted by atomic mass is 32.2. The minimum absolute atomic E-state index is 0.154. The third kappa shape index (κ3) is 3.25. The lowest BCUT2D eigenvalue weighted by molar-refractivity contribution is -0.149. The van der Waals surface area contributed by atoms with Crippen LogP contribution >= 0.6 is 11.8 Å². The first-order valence-corrected chi connectivity index (χ1v) is 9.58. The molecular formula is C15H23N5O2S. The molecule has 0 radical (unpaired) electrons. The lowest BCUT2D eigenvalue weighted by Crippen LogP contribution is -2.52. The summed E-state index contributed by atoms with van der Waals surface area (Å²) in [5.41, 5.74) is 0. The van der Waals surface area contributed by atoms with E-state index in [1.807, 2.05) is 16.7 Å². The van der Waals surface area contributed by atoms with E-state index in [4.69, 9.17) is 4.74 Å². The van der Waals surface area contributed by atoms with Crippen molar-refractivity contribution in [3.63, 3.8) is 0 Å². The molecule has 0 aromatic carbocycles. The third-order valence-corrected chi connectivity index (χ3v) is 5.74. The van der Waals surface area contributed by atoms with E-state index in [9.17, 15) is 4.79 Å². The van der Waals surface area contributed by atoms with Gasteiger partial charge in [-0.3, -0.25) is 9.69 Å². The molecule has 1 aromatic rings. The molecular weight excluding hydrogens is 314 g/mol. The molecule has 1 atom stereocenters. The van der Waals surface area contributed by atoms with Gasteiger partial charge in [-0.2, -0.15) is 11.8 Å². The first kappa shape index (κ1) is 15.4. The number of hydrogen-bond donors (Lipinski definition) is 0. The number of nitrogens with zero attached hydrogens (tertiary/aromatic N) is 5. The summed E-state index contributed by atoms with van der Waals surface area (Å²) in [4.78, 5) is 16.9. The predicted molar refractivity (Wildman–Crippen MR) is 87.3 cm³/mol. The fourth-order valence-corrected chi connectivity index (χ4v) is 4.41. The van der Waals surface area contributed by atoms with Crippen LogP contribution in [0.1, 0.15) is 18.1 Å². The van der Waals surface area contributed by atoms with Gasteiger partial charge < -0.3 is 14.2 Å². The number of amides is 1. The second kappa shape index (κ2) is 6.78. The van der Waals surface area contributed by atoms with E-state index < -0.39 is 0 Å². The Kier molecular flexibility index (Phi) is 4.54. The van der Waals surface area contributed by atoms with Gasteiger partial charge in [-0.15, -0.1) is 10.2 Å². The van der Waals surface area contributed by atoms with Gasteiger partial charge in [0, 0.05) is 50.7 Å². The standard InChI is InChI=1S/C15H23N5O2S/c21-15(19-5-8-23-9-6-19)12-10-18(4-7-22-12)11-14-17-16-13-2-1-3-20(13)14/h12H,1-11H2. The van der Waals surface area contributed by atoms with Gasteiger partial charge in [-0.05, 0) is 6.42 Å². The molecule has 4 rings (SSSR count). The molecule has 0 bridgehead atoms. The van der Waals surface area contributed by atoms with E-state index in [1.54, 1.807) is 0 Å². The van der Waals surface area contributed by atoms with Gasteiger partial charge in [0.05, 0.1) is 13.2 Å². The van der Waals surface area contributed by atoms with Crippen molar-refractivity contribution in [2.75, 3.05) is 44.3 Å². The quantitative estimate of drug-likeness (QED) is 0.774. The van der Waals surface area contributed by atoms with Crippen LogP contribution in [0.4, 0.5) is 0 Å². The lowest BCUT2D eigenvalue weighted by atomic mass is 10.2. The molecule has 2 fully saturated rings. The summed E-state index contributed by atoms with van der Waals surface area (Å²) in [7, 11) is 0. The van der Waals surface area contributed by atoms with Crippen molar-refractivity contribution >= 4 is 17.7 Å². The number of carbonyl (C=O) groups excluding carboxylic acids is 1. The Labute approximate surface area is 140 Å². The fraction of sp³-hybridized carbons (Fsp3) is 0.800. The highest BCUT2D eigenvalue weighted by Crippen LogP contribution is 2.18. The fourth-order valence-electron chi connectivity index (χ4n) is 3.51. The van der Waals surface area contributed by atoms with Crippen LogP contribution in [0.5, 0.6) is 0 Å². The maximum Gasteiger partial charge on any atom is 0.253 e. The van der Waals surface area contributed by atoms with Crippen molar-refractivity contribution in [1.29, 1.82) is 0 Å². The number of aromatic nitrogens is 3. The molecule has 1 unspecified atom stereocenters.